The summed E-state index contributed by atoms with van der Waals surface area (Å²) in [5.41, 5.74) is 1.14. The van der Waals surface area contributed by atoms with Gasteiger partial charge in [-0.15, -0.1) is 11.3 Å². The Labute approximate surface area is 166 Å². The number of ether oxygens (including phenoxy) is 1. The zero-order chi connectivity index (χ0) is 19.7. The van der Waals surface area contributed by atoms with Gasteiger partial charge in [0.15, 0.2) is 0 Å². The number of halogens is 1. The van der Waals surface area contributed by atoms with Crippen molar-refractivity contribution in [1.82, 2.24) is 9.97 Å². The number of non-ortho nitro benzene ring substituents is 1. The molecule has 0 fully saturated rings. The van der Waals surface area contributed by atoms with E-state index in [1.54, 1.807) is 26.8 Å². The summed E-state index contributed by atoms with van der Waals surface area (Å²) < 4.78 is 5.93. The van der Waals surface area contributed by atoms with Crippen LogP contribution in [0.15, 0.2) is 29.0 Å². The number of aryl methyl sites for hydroxylation is 1. The Hall–Kier alpha value is -2.59. The van der Waals surface area contributed by atoms with Crippen LogP contribution in [0.4, 0.5) is 17.2 Å². The van der Waals surface area contributed by atoms with Crippen LogP contribution in [-0.2, 0) is 4.74 Å². The zero-order valence-electron chi connectivity index (χ0n) is 14.6. The molecular weight excluding hydrogens is 436 g/mol. The predicted octanol–water partition coefficient (Wildman–Crippen LogP) is 4.98. The van der Waals surface area contributed by atoms with Gasteiger partial charge in [0.25, 0.3) is 5.69 Å². The average molecular weight is 451 g/mol. The Balaban J connectivity index is 2.06. The second-order valence-corrected chi connectivity index (χ2v) is 7.81. The minimum atomic E-state index is -0.469. The molecule has 0 unspecified atom stereocenters. The number of esters is 1. The van der Waals surface area contributed by atoms with Crippen LogP contribution in [0.3, 0.4) is 0 Å². The van der Waals surface area contributed by atoms with Gasteiger partial charge in [0.1, 0.15) is 21.9 Å². The second kappa shape index (κ2) is 7.57. The number of hydrogen-bond acceptors (Lipinski definition) is 8. The number of aromatic nitrogens is 2. The molecule has 0 amide bonds. The normalized spacial score (nSPS) is 11.0. The summed E-state index contributed by atoms with van der Waals surface area (Å²) in [5.74, 6) is 0.0477. The third-order valence-electron chi connectivity index (χ3n) is 3.67. The third-order valence-corrected chi connectivity index (χ3v) is 5.54. The van der Waals surface area contributed by atoms with E-state index in [4.69, 9.17) is 4.74 Å². The molecule has 10 heteroatoms. The predicted molar refractivity (Wildman–Crippen MR) is 107 cm³/mol. The fourth-order valence-corrected chi connectivity index (χ4v) is 3.86. The molecule has 3 aromatic rings. The van der Waals surface area contributed by atoms with Crippen LogP contribution in [0.2, 0.25) is 0 Å². The molecule has 1 N–H and O–H groups in total. The molecule has 0 aliphatic rings. The maximum Gasteiger partial charge on any atom is 0.348 e. The molecular formula is C17H15BrN4O4S. The fourth-order valence-electron chi connectivity index (χ4n) is 2.48. The lowest BCUT2D eigenvalue weighted by molar-refractivity contribution is -0.384. The Morgan fingerprint density at radius 2 is 2.11 bits per heavy atom. The highest BCUT2D eigenvalue weighted by atomic mass is 79.9. The van der Waals surface area contributed by atoms with Gasteiger partial charge in [0, 0.05) is 16.6 Å². The van der Waals surface area contributed by atoms with Gasteiger partial charge in [-0.1, -0.05) is 0 Å². The van der Waals surface area contributed by atoms with E-state index < -0.39 is 10.9 Å². The lowest BCUT2D eigenvalue weighted by Crippen LogP contribution is -2.11. The van der Waals surface area contributed by atoms with E-state index in [0.717, 1.165) is 0 Å². The highest BCUT2D eigenvalue weighted by Crippen LogP contribution is 2.37. The smallest absolute Gasteiger partial charge is 0.348 e. The molecule has 2 aromatic heterocycles. The summed E-state index contributed by atoms with van der Waals surface area (Å²) in [6, 6.07) is 4.40. The lowest BCUT2D eigenvalue weighted by atomic mass is 10.2. The van der Waals surface area contributed by atoms with Crippen LogP contribution in [0.5, 0.6) is 0 Å². The zero-order valence-corrected chi connectivity index (χ0v) is 17.1. The van der Waals surface area contributed by atoms with Crippen molar-refractivity contribution in [2.24, 2.45) is 0 Å². The first-order chi connectivity index (χ1) is 12.8. The Kier molecular flexibility index (Phi) is 5.38. The minimum Gasteiger partial charge on any atom is -0.459 e. The van der Waals surface area contributed by atoms with E-state index in [9.17, 15) is 14.9 Å². The number of carbonyl (C=O) groups is 1. The number of nitrogens with one attached hydrogen (secondary N) is 1. The van der Waals surface area contributed by atoms with Crippen molar-refractivity contribution < 1.29 is 14.5 Å². The summed E-state index contributed by atoms with van der Waals surface area (Å²) in [5, 5.41) is 14.8. The number of fused-ring (bicyclic) bond motifs is 1. The standard InChI is InChI=1S/C17H15BrN4O4S/c1-8(2)26-17(23)14-9(3)13-15(19-7-20-16(13)27-14)21-12-6-10(22(24)25)4-5-11(12)18/h4-8H,1-3H3,(H,19,20,21). The molecule has 0 aliphatic carbocycles. The van der Waals surface area contributed by atoms with Crippen LogP contribution in [0, 0.1) is 17.0 Å². The van der Waals surface area contributed by atoms with Crippen LogP contribution in [-0.4, -0.2) is 27.0 Å². The van der Waals surface area contributed by atoms with E-state index in [2.05, 4.69) is 31.2 Å². The second-order valence-electron chi connectivity index (χ2n) is 5.96. The van der Waals surface area contributed by atoms with Gasteiger partial charge in [-0.3, -0.25) is 10.1 Å². The van der Waals surface area contributed by atoms with Gasteiger partial charge >= 0.3 is 5.97 Å². The van der Waals surface area contributed by atoms with Gasteiger partial charge < -0.3 is 10.1 Å². The largest absolute Gasteiger partial charge is 0.459 e. The van der Waals surface area contributed by atoms with Crippen LogP contribution >= 0.6 is 27.3 Å². The molecule has 0 radical (unpaired) electrons. The van der Waals surface area contributed by atoms with E-state index in [0.29, 0.717) is 36.6 Å². The van der Waals surface area contributed by atoms with Crippen molar-refractivity contribution in [3.05, 3.63) is 49.6 Å². The topological polar surface area (TPSA) is 107 Å². The summed E-state index contributed by atoms with van der Waals surface area (Å²) >= 11 is 4.60. The molecule has 8 nitrogen and oxygen atoms in total. The average Bonchev–Trinajstić information content (AvgIpc) is 2.94. The van der Waals surface area contributed by atoms with Crippen LogP contribution in [0.1, 0.15) is 29.1 Å². The van der Waals surface area contributed by atoms with Crippen molar-refractivity contribution in [1.29, 1.82) is 0 Å². The van der Waals surface area contributed by atoms with Crippen molar-refractivity contribution in [3.8, 4) is 0 Å². The molecule has 2 heterocycles. The Bertz CT molecular complexity index is 1050. The molecule has 0 spiro atoms. The number of carbonyl (C=O) groups excluding carboxylic acids is 1. The summed E-state index contributed by atoms with van der Waals surface area (Å²) in [4.78, 5) is 32.5. The fraction of sp³-hybridized carbons (Fsp3) is 0.235. The first-order valence-corrected chi connectivity index (χ1v) is 9.55. The Morgan fingerprint density at radius 1 is 1.37 bits per heavy atom. The summed E-state index contributed by atoms with van der Waals surface area (Å²) in [6.45, 7) is 5.37. The van der Waals surface area contributed by atoms with E-state index in [-0.39, 0.29) is 11.8 Å². The first-order valence-electron chi connectivity index (χ1n) is 7.94. The first kappa shape index (κ1) is 19.2. The van der Waals surface area contributed by atoms with E-state index >= 15 is 0 Å². The van der Waals surface area contributed by atoms with E-state index in [1.807, 2.05) is 0 Å². The summed E-state index contributed by atoms with van der Waals surface area (Å²) in [6.07, 6.45) is 1.15. The van der Waals surface area contributed by atoms with Gasteiger partial charge in [-0.05, 0) is 48.3 Å². The highest BCUT2D eigenvalue weighted by Gasteiger charge is 2.21. The van der Waals surface area contributed by atoms with Crippen molar-refractivity contribution in [2.75, 3.05) is 5.32 Å². The van der Waals surface area contributed by atoms with Crippen molar-refractivity contribution in [3.63, 3.8) is 0 Å². The number of rotatable bonds is 5. The molecule has 1 aromatic carbocycles. The molecule has 140 valence electrons. The van der Waals surface area contributed by atoms with Crippen LogP contribution < -0.4 is 5.32 Å². The molecule has 0 atom stereocenters. The number of anilines is 2. The number of nitro groups is 1. The molecule has 0 bridgehead atoms. The quantitative estimate of drug-likeness (QED) is 0.331. The minimum absolute atomic E-state index is 0.0470. The van der Waals surface area contributed by atoms with Crippen molar-refractivity contribution in [2.45, 2.75) is 26.9 Å². The molecule has 0 aliphatic heterocycles. The number of hydrogen-bond donors (Lipinski definition) is 1. The maximum absolute atomic E-state index is 12.3. The molecule has 27 heavy (non-hydrogen) atoms. The number of thiophene rings is 1. The number of benzene rings is 1. The summed E-state index contributed by atoms with van der Waals surface area (Å²) in [7, 11) is 0. The highest BCUT2D eigenvalue weighted by molar-refractivity contribution is 9.10. The van der Waals surface area contributed by atoms with Gasteiger partial charge in [-0.25, -0.2) is 14.8 Å². The van der Waals surface area contributed by atoms with Crippen molar-refractivity contribution >= 4 is 60.6 Å². The lowest BCUT2D eigenvalue weighted by Gasteiger charge is -2.09. The maximum atomic E-state index is 12.3. The van der Waals surface area contributed by atoms with Gasteiger partial charge in [-0.2, -0.15) is 0 Å². The molecule has 3 rings (SSSR count). The molecule has 0 saturated heterocycles. The van der Waals surface area contributed by atoms with E-state index in [1.165, 1.54) is 29.8 Å². The SMILES string of the molecule is Cc1c(C(=O)OC(C)C)sc2ncnc(Nc3cc([N+](=O)[O-])ccc3Br)c12. The Morgan fingerprint density at radius 3 is 2.78 bits per heavy atom. The number of nitro benzene ring substituents is 1. The monoisotopic (exact) mass is 450 g/mol. The third kappa shape index (κ3) is 3.91. The number of nitrogens with zero attached hydrogens (tertiary/aromatic N) is 3. The van der Waals surface area contributed by atoms with Crippen LogP contribution in [0.25, 0.3) is 10.2 Å². The molecule has 0 saturated carbocycles. The van der Waals surface area contributed by atoms with Gasteiger partial charge in [0.05, 0.1) is 22.1 Å². The van der Waals surface area contributed by atoms with Gasteiger partial charge in [0.2, 0.25) is 0 Å².